The first kappa shape index (κ1) is 14.6. The highest BCUT2D eigenvalue weighted by molar-refractivity contribution is 6.59. The first-order valence-electron chi connectivity index (χ1n) is 6.75. The van der Waals surface area contributed by atoms with Crippen molar-refractivity contribution in [3.05, 3.63) is 59.7 Å². The molecule has 0 radical (unpaired) electrons. The molecule has 0 heterocycles. The van der Waals surface area contributed by atoms with Gasteiger partial charge in [0.1, 0.15) is 12.4 Å². The van der Waals surface area contributed by atoms with Crippen LogP contribution in [0.25, 0.3) is 0 Å². The van der Waals surface area contributed by atoms with Gasteiger partial charge in [0.25, 0.3) is 0 Å². The number of hydrogen-bond donors (Lipinski definition) is 2. The molecule has 0 unspecified atom stereocenters. The van der Waals surface area contributed by atoms with Gasteiger partial charge in [-0.1, -0.05) is 62.4 Å². The summed E-state index contributed by atoms with van der Waals surface area (Å²) in [5, 5.41) is 19.0. The van der Waals surface area contributed by atoms with Crippen molar-refractivity contribution < 1.29 is 14.8 Å². The van der Waals surface area contributed by atoms with Crippen LogP contribution in [-0.4, -0.2) is 17.2 Å². The van der Waals surface area contributed by atoms with Gasteiger partial charge in [0, 0.05) is 5.46 Å². The number of benzene rings is 2. The first-order chi connectivity index (χ1) is 9.59. The number of ether oxygens (including phenoxy) is 1. The van der Waals surface area contributed by atoms with Gasteiger partial charge in [-0.2, -0.15) is 0 Å². The summed E-state index contributed by atoms with van der Waals surface area (Å²) in [6, 6.07) is 15.3. The van der Waals surface area contributed by atoms with Crippen LogP contribution >= 0.6 is 0 Å². The molecule has 0 spiro atoms. The maximum absolute atomic E-state index is 9.48. The molecule has 0 saturated carbocycles. The van der Waals surface area contributed by atoms with Crippen molar-refractivity contribution in [1.29, 1.82) is 0 Å². The van der Waals surface area contributed by atoms with Crippen LogP contribution < -0.4 is 10.2 Å². The Hall–Kier alpha value is -1.78. The van der Waals surface area contributed by atoms with Crippen LogP contribution in [-0.2, 0) is 6.61 Å². The molecule has 2 aromatic carbocycles. The van der Waals surface area contributed by atoms with Gasteiger partial charge in [-0.05, 0) is 17.0 Å². The van der Waals surface area contributed by atoms with Crippen molar-refractivity contribution in [3.8, 4) is 5.75 Å². The second-order valence-corrected chi connectivity index (χ2v) is 5.07. The standard InChI is InChI=1S/C16H19BO3/c1-12(2)14-9-6-10-15(17(18)19)16(14)20-11-13-7-4-3-5-8-13/h3-10,12,18-19H,11H2,1-2H3. The second kappa shape index (κ2) is 6.59. The van der Waals surface area contributed by atoms with Crippen LogP contribution in [0.1, 0.15) is 30.9 Å². The van der Waals surface area contributed by atoms with Crippen molar-refractivity contribution >= 4 is 12.6 Å². The van der Waals surface area contributed by atoms with Crippen LogP contribution in [0.2, 0.25) is 0 Å². The van der Waals surface area contributed by atoms with E-state index in [9.17, 15) is 10.0 Å². The van der Waals surface area contributed by atoms with Crippen molar-refractivity contribution in [1.82, 2.24) is 0 Å². The van der Waals surface area contributed by atoms with Crippen molar-refractivity contribution in [2.45, 2.75) is 26.4 Å². The number of hydrogen-bond acceptors (Lipinski definition) is 3. The van der Waals surface area contributed by atoms with Crippen molar-refractivity contribution in [2.75, 3.05) is 0 Å². The summed E-state index contributed by atoms with van der Waals surface area (Å²) in [4.78, 5) is 0. The lowest BCUT2D eigenvalue weighted by atomic mass is 9.77. The SMILES string of the molecule is CC(C)c1cccc(B(O)O)c1OCc1ccccc1. The quantitative estimate of drug-likeness (QED) is 0.818. The highest BCUT2D eigenvalue weighted by atomic mass is 16.5. The lowest BCUT2D eigenvalue weighted by molar-refractivity contribution is 0.302. The zero-order chi connectivity index (χ0) is 14.5. The molecule has 2 N–H and O–H groups in total. The highest BCUT2D eigenvalue weighted by Gasteiger charge is 2.21. The van der Waals surface area contributed by atoms with E-state index >= 15 is 0 Å². The lowest BCUT2D eigenvalue weighted by Gasteiger charge is -2.18. The topological polar surface area (TPSA) is 49.7 Å². The average Bonchev–Trinajstić information content (AvgIpc) is 2.45. The molecule has 0 aromatic heterocycles. The zero-order valence-electron chi connectivity index (χ0n) is 11.8. The molecule has 0 aliphatic carbocycles. The van der Waals surface area contributed by atoms with E-state index in [1.807, 2.05) is 42.5 Å². The van der Waals surface area contributed by atoms with E-state index in [0.717, 1.165) is 11.1 Å². The van der Waals surface area contributed by atoms with Crippen LogP contribution in [0, 0.1) is 0 Å². The van der Waals surface area contributed by atoms with E-state index in [0.29, 0.717) is 17.8 Å². The third kappa shape index (κ3) is 3.41. The Morgan fingerprint density at radius 3 is 2.30 bits per heavy atom. The Labute approximate surface area is 120 Å². The minimum Gasteiger partial charge on any atom is -0.489 e. The molecule has 2 aromatic rings. The van der Waals surface area contributed by atoms with Gasteiger partial charge < -0.3 is 14.8 Å². The minimum atomic E-state index is -1.53. The molecule has 0 fully saturated rings. The maximum Gasteiger partial charge on any atom is 0.492 e. The zero-order valence-corrected chi connectivity index (χ0v) is 11.8. The summed E-state index contributed by atoms with van der Waals surface area (Å²) < 4.78 is 5.86. The van der Waals surface area contributed by atoms with E-state index in [1.165, 1.54) is 0 Å². The predicted molar refractivity (Wildman–Crippen MR) is 81.1 cm³/mol. The maximum atomic E-state index is 9.48. The van der Waals surface area contributed by atoms with Crippen LogP contribution in [0.4, 0.5) is 0 Å². The highest BCUT2D eigenvalue weighted by Crippen LogP contribution is 2.25. The third-order valence-corrected chi connectivity index (χ3v) is 3.20. The van der Waals surface area contributed by atoms with Gasteiger partial charge in [-0.15, -0.1) is 0 Å². The van der Waals surface area contributed by atoms with E-state index < -0.39 is 7.12 Å². The number of rotatable bonds is 5. The summed E-state index contributed by atoms with van der Waals surface area (Å²) in [7, 11) is -1.53. The fourth-order valence-corrected chi connectivity index (χ4v) is 2.13. The van der Waals surface area contributed by atoms with E-state index in [2.05, 4.69) is 13.8 Å². The molecule has 4 heteroatoms. The summed E-state index contributed by atoms with van der Waals surface area (Å²) in [6.45, 7) is 4.51. The van der Waals surface area contributed by atoms with Gasteiger partial charge in [-0.25, -0.2) is 0 Å². The van der Waals surface area contributed by atoms with E-state index in [1.54, 1.807) is 6.07 Å². The Morgan fingerprint density at radius 1 is 1.00 bits per heavy atom. The molecule has 0 bridgehead atoms. The molecular weight excluding hydrogens is 251 g/mol. The van der Waals surface area contributed by atoms with Gasteiger partial charge in [0.15, 0.2) is 0 Å². The normalized spacial score (nSPS) is 10.7. The minimum absolute atomic E-state index is 0.250. The van der Waals surface area contributed by atoms with Crippen molar-refractivity contribution in [3.63, 3.8) is 0 Å². The van der Waals surface area contributed by atoms with Gasteiger partial charge in [0.05, 0.1) is 0 Å². The van der Waals surface area contributed by atoms with Gasteiger partial charge >= 0.3 is 7.12 Å². The fourth-order valence-electron chi connectivity index (χ4n) is 2.13. The molecule has 0 aliphatic heterocycles. The Bertz CT molecular complexity index is 527. The first-order valence-corrected chi connectivity index (χ1v) is 6.75. The summed E-state index contributed by atoms with van der Waals surface area (Å²) in [5.74, 6) is 0.820. The predicted octanol–water partition coefficient (Wildman–Crippen LogP) is 2.07. The smallest absolute Gasteiger partial charge is 0.489 e. The summed E-state index contributed by atoms with van der Waals surface area (Å²) >= 11 is 0. The molecule has 0 aliphatic rings. The molecule has 104 valence electrons. The van der Waals surface area contributed by atoms with Crippen LogP contribution in [0.3, 0.4) is 0 Å². The van der Waals surface area contributed by atoms with E-state index in [-0.39, 0.29) is 5.92 Å². The van der Waals surface area contributed by atoms with Crippen molar-refractivity contribution in [2.24, 2.45) is 0 Å². The molecule has 0 amide bonds. The third-order valence-electron chi connectivity index (χ3n) is 3.20. The average molecular weight is 270 g/mol. The Morgan fingerprint density at radius 2 is 1.70 bits per heavy atom. The lowest BCUT2D eigenvalue weighted by Crippen LogP contribution is -2.32. The van der Waals surface area contributed by atoms with Crippen LogP contribution in [0.5, 0.6) is 5.75 Å². The molecular formula is C16H19BO3. The number of para-hydroxylation sites is 1. The van der Waals surface area contributed by atoms with Gasteiger partial charge in [-0.3, -0.25) is 0 Å². The van der Waals surface area contributed by atoms with Crippen LogP contribution in [0.15, 0.2) is 48.5 Å². The molecule has 3 nitrogen and oxygen atoms in total. The Balaban J connectivity index is 2.28. The molecule has 0 atom stereocenters. The van der Waals surface area contributed by atoms with E-state index in [4.69, 9.17) is 4.74 Å². The monoisotopic (exact) mass is 270 g/mol. The Kier molecular flexibility index (Phi) is 4.82. The molecule has 2 rings (SSSR count). The molecule has 20 heavy (non-hydrogen) atoms. The summed E-state index contributed by atoms with van der Waals surface area (Å²) in [6.07, 6.45) is 0. The van der Waals surface area contributed by atoms with Gasteiger partial charge in [0.2, 0.25) is 0 Å². The summed E-state index contributed by atoms with van der Waals surface area (Å²) in [5.41, 5.74) is 2.43. The molecule has 0 saturated heterocycles. The fraction of sp³-hybridized carbons (Fsp3) is 0.250. The second-order valence-electron chi connectivity index (χ2n) is 5.07. The largest absolute Gasteiger partial charge is 0.492 e.